The van der Waals surface area contributed by atoms with E-state index in [0.717, 1.165) is 44.3 Å². The molecule has 0 aromatic heterocycles. The van der Waals surface area contributed by atoms with Crippen molar-refractivity contribution in [1.29, 1.82) is 0 Å². The molecule has 8 nitrogen and oxygen atoms in total. The van der Waals surface area contributed by atoms with Crippen LogP contribution >= 0.6 is 0 Å². The molecule has 1 aromatic rings. The second kappa shape index (κ2) is 28.6. The van der Waals surface area contributed by atoms with E-state index in [1.807, 2.05) is 71.9 Å². The molecule has 0 spiro atoms. The molecule has 3 N–H and O–H groups in total. The minimum absolute atomic E-state index is 0.0224. The summed E-state index contributed by atoms with van der Waals surface area (Å²) in [6, 6.07) is 10.1. The maximum atomic E-state index is 10.6. The van der Waals surface area contributed by atoms with E-state index in [0.29, 0.717) is 19.1 Å². The van der Waals surface area contributed by atoms with Crippen molar-refractivity contribution in [1.82, 2.24) is 16.0 Å². The lowest BCUT2D eigenvalue weighted by Crippen LogP contribution is -2.30. The molecule has 4 rings (SSSR count). The fraction of sp³-hybridized carbons (Fsp3) is 0.719. The summed E-state index contributed by atoms with van der Waals surface area (Å²) in [6.07, 6.45) is 9.12. The van der Waals surface area contributed by atoms with Gasteiger partial charge in [0.15, 0.2) is 0 Å². The Morgan fingerprint density at radius 2 is 1.57 bits per heavy atom. The van der Waals surface area contributed by atoms with Crippen LogP contribution in [0.15, 0.2) is 30.3 Å². The summed E-state index contributed by atoms with van der Waals surface area (Å²) in [6.45, 7) is 14.9. The fourth-order valence-corrected chi connectivity index (χ4v) is 4.67. The number of rotatable bonds is 9. The molecule has 2 heterocycles. The van der Waals surface area contributed by atoms with E-state index in [1.165, 1.54) is 31.2 Å². The van der Waals surface area contributed by atoms with Crippen LogP contribution in [0.25, 0.3) is 0 Å². The normalized spacial score (nSPS) is 24.6. The highest BCUT2D eigenvalue weighted by Crippen LogP contribution is 2.35. The Labute approximate surface area is 244 Å². The lowest BCUT2D eigenvalue weighted by molar-refractivity contribution is -0.111. The number of carbonyl (C=O) groups is 3. The third kappa shape index (κ3) is 17.0. The molecule has 2 aliphatic heterocycles. The first-order chi connectivity index (χ1) is 19.6. The van der Waals surface area contributed by atoms with Gasteiger partial charge in [0, 0.05) is 13.7 Å². The van der Waals surface area contributed by atoms with Crippen molar-refractivity contribution in [3.05, 3.63) is 35.9 Å². The van der Waals surface area contributed by atoms with Gasteiger partial charge in [0.2, 0.25) is 0 Å². The fourth-order valence-electron chi connectivity index (χ4n) is 4.67. The van der Waals surface area contributed by atoms with Crippen LogP contribution in [0.5, 0.6) is 0 Å². The first kappa shape index (κ1) is 40.2. The molecule has 1 aromatic carbocycles. The molecule has 1 aliphatic carbocycles. The Hall–Kier alpha value is -1.97. The number of fused-ring (bicyclic) bond motifs is 1. The maximum Gasteiger partial charge on any atom is 0.139 e. The number of hydrogen-bond acceptors (Lipinski definition) is 8. The van der Waals surface area contributed by atoms with Gasteiger partial charge in [-0.25, -0.2) is 0 Å². The molecule has 232 valence electrons. The average molecular weight is 566 g/mol. The second-order valence-corrected chi connectivity index (χ2v) is 9.07. The molecule has 0 amide bonds. The zero-order valence-electron chi connectivity index (χ0n) is 26.5. The van der Waals surface area contributed by atoms with Crippen LogP contribution in [0.1, 0.15) is 79.2 Å². The van der Waals surface area contributed by atoms with Gasteiger partial charge in [0.25, 0.3) is 0 Å². The quantitative estimate of drug-likeness (QED) is 0.373. The lowest BCUT2D eigenvalue weighted by Gasteiger charge is -2.25. The predicted octanol–water partition coefficient (Wildman–Crippen LogP) is 4.59. The van der Waals surface area contributed by atoms with Crippen molar-refractivity contribution < 1.29 is 23.9 Å². The Kier molecular flexibility index (Phi) is 28.7. The molecule has 2 saturated heterocycles. The number of carbonyl (C=O) groups excluding carboxylic acids is 3. The highest BCUT2D eigenvalue weighted by molar-refractivity contribution is 5.59. The van der Waals surface area contributed by atoms with E-state index < -0.39 is 0 Å². The molecule has 6 atom stereocenters. The summed E-state index contributed by atoms with van der Waals surface area (Å²) < 4.78 is 10.4. The Balaban J connectivity index is 0. The van der Waals surface area contributed by atoms with Crippen molar-refractivity contribution in [2.24, 2.45) is 11.8 Å². The predicted molar refractivity (Wildman–Crippen MR) is 166 cm³/mol. The summed E-state index contributed by atoms with van der Waals surface area (Å²) in [5.74, 6) is 1.47. The van der Waals surface area contributed by atoms with Crippen LogP contribution in [-0.2, 0) is 30.5 Å². The van der Waals surface area contributed by atoms with Gasteiger partial charge < -0.3 is 39.8 Å². The van der Waals surface area contributed by atoms with Crippen LogP contribution in [0.4, 0.5) is 0 Å². The summed E-state index contributed by atoms with van der Waals surface area (Å²) in [7, 11) is 3.28. The van der Waals surface area contributed by atoms with E-state index >= 15 is 0 Å². The molecule has 3 fully saturated rings. The van der Waals surface area contributed by atoms with E-state index in [4.69, 9.17) is 9.47 Å². The van der Waals surface area contributed by atoms with Gasteiger partial charge >= 0.3 is 0 Å². The number of benzene rings is 1. The molecular weight excluding hydrogens is 506 g/mol. The number of nitrogens with one attached hydrogen (secondary N) is 3. The largest absolute Gasteiger partial charge is 0.383 e. The molecular formula is C32H59N3O5. The monoisotopic (exact) mass is 565 g/mol. The van der Waals surface area contributed by atoms with Gasteiger partial charge in [-0.05, 0) is 50.3 Å². The maximum absolute atomic E-state index is 10.6. The summed E-state index contributed by atoms with van der Waals surface area (Å²) in [5, 5.41) is 9.14. The highest BCUT2D eigenvalue weighted by Gasteiger charge is 2.36. The van der Waals surface area contributed by atoms with Crippen LogP contribution in [0.2, 0.25) is 0 Å². The van der Waals surface area contributed by atoms with Crippen LogP contribution in [0.3, 0.4) is 0 Å². The Morgan fingerprint density at radius 1 is 0.925 bits per heavy atom. The summed E-state index contributed by atoms with van der Waals surface area (Å²) in [4.78, 5) is 31.1. The third-order valence-electron chi connectivity index (χ3n) is 6.69. The van der Waals surface area contributed by atoms with Gasteiger partial charge in [0.1, 0.15) is 18.9 Å². The number of ether oxygens (including phenoxy) is 2. The Morgan fingerprint density at radius 3 is 2.08 bits per heavy atom. The SMILES string of the molecule is CC.CC.CC.CN[C@H](C=O)COC.O=C[C@@H]1C[C@H](OCc2ccccc2)CN1.O=C[C@H]1NCC2CCCCC21. The minimum atomic E-state index is -0.153. The van der Waals surface area contributed by atoms with E-state index in [1.54, 1.807) is 14.2 Å². The van der Waals surface area contributed by atoms with Crippen molar-refractivity contribution in [3.8, 4) is 0 Å². The lowest BCUT2D eigenvalue weighted by atomic mass is 9.79. The van der Waals surface area contributed by atoms with Gasteiger partial charge in [0.05, 0.1) is 37.4 Å². The summed E-state index contributed by atoms with van der Waals surface area (Å²) in [5.41, 5.74) is 1.17. The summed E-state index contributed by atoms with van der Waals surface area (Å²) >= 11 is 0. The highest BCUT2D eigenvalue weighted by atomic mass is 16.5. The number of likely N-dealkylation sites (N-methyl/N-ethyl adjacent to an activating group) is 1. The van der Waals surface area contributed by atoms with E-state index in [-0.39, 0.29) is 24.2 Å². The standard InChI is InChI=1S/C12H15NO2.C9H15NO.C5H11NO2.3C2H6/c14-8-11-6-12(7-13-11)15-9-10-4-2-1-3-5-10;11-6-9-8-4-2-1-3-7(8)5-10-9;1-6-5(3-7)4-8-2;3*1-2/h1-5,8,11-13H,6-7,9H2;6-10H,1-5H2;3,5-6H,4H2,1-2H3;3*1-2H3/t11-,12-;7?,8?,9-;5-;;;/m011.../s1. The average Bonchev–Trinajstić information content (AvgIpc) is 3.70. The first-order valence-corrected chi connectivity index (χ1v) is 15.3. The van der Waals surface area contributed by atoms with Crippen LogP contribution in [-0.4, -0.2) is 76.9 Å². The smallest absolute Gasteiger partial charge is 0.139 e. The van der Waals surface area contributed by atoms with Crippen molar-refractivity contribution in [3.63, 3.8) is 0 Å². The minimum Gasteiger partial charge on any atom is -0.383 e. The van der Waals surface area contributed by atoms with Gasteiger partial charge in [-0.15, -0.1) is 0 Å². The van der Waals surface area contributed by atoms with Crippen LogP contribution < -0.4 is 16.0 Å². The molecule has 2 unspecified atom stereocenters. The van der Waals surface area contributed by atoms with Crippen molar-refractivity contribution in [2.45, 2.75) is 104 Å². The topological polar surface area (TPSA) is 106 Å². The molecule has 3 aliphatic rings. The Bertz CT molecular complexity index is 707. The molecule has 1 saturated carbocycles. The van der Waals surface area contributed by atoms with Crippen LogP contribution in [0, 0.1) is 11.8 Å². The van der Waals surface area contributed by atoms with E-state index in [2.05, 4.69) is 16.0 Å². The number of methoxy groups -OCH3 is 1. The van der Waals surface area contributed by atoms with Gasteiger partial charge in [-0.3, -0.25) is 0 Å². The second-order valence-electron chi connectivity index (χ2n) is 9.07. The zero-order chi connectivity index (χ0) is 30.6. The molecule has 8 heteroatoms. The first-order valence-electron chi connectivity index (χ1n) is 15.3. The van der Waals surface area contributed by atoms with Crippen molar-refractivity contribution >= 4 is 18.9 Å². The van der Waals surface area contributed by atoms with Crippen molar-refractivity contribution in [2.75, 3.05) is 33.9 Å². The number of hydrogen-bond donors (Lipinski definition) is 3. The molecule has 40 heavy (non-hydrogen) atoms. The number of aldehydes is 3. The third-order valence-corrected chi connectivity index (χ3v) is 6.69. The molecule has 0 bridgehead atoms. The van der Waals surface area contributed by atoms with Gasteiger partial charge in [-0.2, -0.15) is 0 Å². The van der Waals surface area contributed by atoms with Gasteiger partial charge in [-0.1, -0.05) is 84.7 Å². The molecule has 0 radical (unpaired) electrons. The zero-order valence-corrected chi connectivity index (χ0v) is 26.5. The van der Waals surface area contributed by atoms with E-state index in [9.17, 15) is 14.4 Å².